The van der Waals surface area contributed by atoms with Gasteiger partial charge in [0, 0.05) is 29.4 Å². The van der Waals surface area contributed by atoms with Gasteiger partial charge >= 0.3 is 0 Å². The molecule has 0 saturated heterocycles. The van der Waals surface area contributed by atoms with Crippen molar-refractivity contribution in [3.05, 3.63) is 60.2 Å². The van der Waals surface area contributed by atoms with Crippen LogP contribution in [0.1, 0.15) is 36.0 Å². The Morgan fingerprint density at radius 1 is 1.15 bits per heavy atom. The Hall–Kier alpha value is -3.72. The summed E-state index contributed by atoms with van der Waals surface area (Å²) in [5.74, 6) is -0.593. The number of rotatable bonds is 7. The summed E-state index contributed by atoms with van der Waals surface area (Å²) in [7, 11) is 1.60. The number of methoxy groups -OCH3 is 1. The summed E-state index contributed by atoms with van der Waals surface area (Å²) in [5.41, 5.74) is 13.8. The number of benzene rings is 1. The highest BCUT2D eigenvalue weighted by atomic mass is 19.1. The number of carbonyl (C=O) groups is 1. The van der Waals surface area contributed by atoms with Crippen LogP contribution in [0.2, 0.25) is 0 Å². The topological polar surface area (TPSA) is 128 Å². The zero-order valence-corrected chi connectivity index (χ0v) is 18.3. The van der Waals surface area contributed by atoms with Crippen molar-refractivity contribution in [2.45, 2.75) is 37.8 Å². The summed E-state index contributed by atoms with van der Waals surface area (Å²) in [6, 6.07) is 10.3. The monoisotopic (exact) mass is 450 g/mol. The molecular weight excluding hydrogens is 423 g/mol. The van der Waals surface area contributed by atoms with Crippen LogP contribution in [0.15, 0.2) is 48.8 Å². The third-order valence-corrected chi connectivity index (χ3v) is 5.80. The van der Waals surface area contributed by atoms with Crippen LogP contribution in [-0.4, -0.2) is 35.1 Å². The van der Waals surface area contributed by atoms with E-state index in [9.17, 15) is 9.18 Å². The summed E-state index contributed by atoms with van der Waals surface area (Å²) < 4.78 is 20.2. The highest BCUT2D eigenvalue weighted by Crippen LogP contribution is 2.32. The standard InChI is InChI=1S/C24H27FN6O2/c1-33-21-9-5-2-6-16(21)14-10-15(13-28-12-14)29-23-17(22(27)32)11-18(25)24(31-23)30-20-8-4-3-7-19(20)26/h2,5-6,9-13,19-20H,3-4,7-8,26H2,1H3,(H2,27,32)(H2,29,30,31). The van der Waals surface area contributed by atoms with E-state index in [0.717, 1.165) is 42.9 Å². The Morgan fingerprint density at radius 2 is 1.94 bits per heavy atom. The average molecular weight is 451 g/mol. The Labute approximate surface area is 191 Å². The van der Waals surface area contributed by atoms with Crippen LogP contribution in [-0.2, 0) is 0 Å². The summed E-state index contributed by atoms with van der Waals surface area (Å²) in [5, 5.41) is 6.17. The van der Waals surface area contributed by atoms with Crippen LogP contribution < -0.4 is 26.8 Å². The number of carbonyl (C=O) groups excluding carboxylic acids is 1. The lowest BCUT2D eigenvalue weighted by atomic mass is 9.91. The molecule has 8 nitrogen and oxygen atoms in total. The van der Waals surface area contributed by atoms with Crippen LogP contribution in [0, 0.1) is 5.82 Å². The molecule has 1 saturated carbocycles. The number of pyridine rings is 2. The van der Waals surface area contributed by atoms with E-state index >= 15 is 0 Å². The first-order valence-corrected chi connectivity index (χ1v) is 10.8. The van der Waals surface area contributed by atoms with E-state index in [1.807, 2.05) is 30.3 Å². The number of nitrogens with two attached hydrogens (primary N) is 2. The van der Waals surface area contributed by atoms with E-state index in [4.69, 9.17) is 16.2 Å². The lowest BCUT2D eigenvalue weighted by molar-refractivity contribution is 0.100. The van der Waals surface area contributed by atoms with E-state index in [1.165, 1.54) is 0 Å². The minimum Gasteiger partial charge on any atom is -0.496 e. The molecule has 2 unspecified atom stereocenters. The molecule has 2 heterocycles. The first-order chi connectivity index (χ1) is 16.0. The Morgan fingerprint density at radius 3 is 2.70 bits per heavy atom. The molecule has 2 aromatic heterocycles. The molecule has 0 spiro atoms. The van der Waals surface area contributed by atoms with Gasteiger partial charge in [0.2, 0.25) is 0 Å². The average Bonchev–Trinajstić information content (AvgIpc) is 2.82. The number of aromatic nitrogens is 2. The Bertz CT molecular complexity index is 1160. The van der Waals surface area contributed by atoms with Crippen LogP contribution in [0.4, 0.5) is 21.7 Å². The summed E-state index contributed by atoms with van der Waals surface area (Å²) in [6.45, 7) is 0. The molecule has 0 radical (unpaired) electrons. The zero-order chi connectivity index (χ0) is 23.4. The van der Waals surface area contributed by atoms with Gasteiger partial charge in [0.25, 0.3) is 5.91 Å². The first-order valence-electron chi connectivity index (χ1n) is 10.8. The van der Waals surface area contributed by atoms with Gasteiger partial charge < -0.3 is 26.8 Å². The van der Waals surface area contributed by atoms with E-state index < -0.39 is 11.7 Å². The molecule has 0 aliphatic heterocycles. The molecule has 33 heavy (non-hydrogen) atoms. The van der Waals surface area contributed by atoms with Gasteiger partial charge in [-0.05, 0) is 31.0 Å². The molecule has 9 heteroatoms. The summed E-state index contributed by atoms with van der Waals surface area (Å²) in [6.07, 6.45) is 7.04. The largest absolute Gasteiger partial charge is 0.496 e. The van der Waals surface area contributed by atoms with Gasteiger partial charge in [-0.3, -0.25) is 9.78 Å². The number of primary amides is 1. The van der Waals surface area contributed by atoms with Gasteiger partial charge in [-0.2, -0.15) is 0 Å². The van der Waals surface area contributed by atoms with E-state index in [0.29, 0.717) is 11.4 Å². The number of nitrogens with one attached hydrogen (secondary N) is 2. The highest BCUT2D eigenvalue weighted by Gasteiger charge is 2.24. The van der Waals surface area contributed by atoms with Crippen LogP contribution in [0.25, 0.3) is 11.1 Å². The maximum atomic E-state index is 14.8. The SMILES string of the molecule is COc1ccccc1-c1cncc(Nc2nc(NC3CCCCC3N)c(F)cc2C(N)=O)c1. The molecule has 1 aliphatic rings. The van der Waals surface area contributed by atoms with Crippen LogP contribution in [0.5, 0.6) is 5.75 Å². The smallest absolute Gasteiger partial charge is 0.252 e. The number of ether oxygens (including phenoxy) is 1. The van der Waals surface area contributed by atoms with E-state index in [1.54, 1.807) is 19.5 Å². The number of amides is 1. The number of para-hydroxylation sites is 1. The molecule has 1 amide bonds. The molecule has 172 valence electrons. The summed E-state index contributed by atoms with van der Waals surface area (Å²) in [4.78, 5) is 20.6. The number of anilines is 3. The van der Waals surface area contributed by atoms with Crippen molar-refractivity contribution in [3.8, 4) is 16.9 Å². The maximum Gasteiger partial charge on any atom is 0.252 e. The fourth-order valence-corrected chi connectivity index (χ4v) is 4.06. The van der Waals surface area contributed by atoms with Crippen LogP contribution >= 0.6 is 0 Å². The molecule has 6 N–H and O–H groups in total. The van der Waals surface area contributed by atoms with Crippen molar-refractivity contribution in [3.63, 3.8) is 0 Å². The molecular formula is C24H27FN6O2. The minimum absolute atomic E-state index is 0.0266. The van der Waals surface area contributed by atoms with Gasteiger partial charge in [0.1, 0.15) is 11.6 Å². The third kappa shape index (κ3) is 5.04. The predicted molar refractivity (Wildman–Crippen MR) is 126 cm³/mol. The second-order valence-corrected chi connectivity index (χ2v) is 8.07. The zero-order valence-electron chi connectivity index (χ0n) is 18.3. The number of nitrogens with zero attached hydrogens (tertiary/aromatic N) is 2. The van der Waals surface area contributed by atoms with Crippen molar-refractivity contribution in [2.24, 2.45) is 11.5 Å². The second-order valence-electron chi connectivity index (χ2n) is 8.07. The van der Waals surface area contributed by atoms with Gasteiger partial charge in [-0.25, -0.2) is 9.37 Å². The van der Waals surface area contributed by atoms with Crippen LogP contribution in [0.3, 0.4) is 0 Å². The van der Waals surface area contributed by atoms with Crippen molar-refractivity contribution in [1.29, 1.82) is 0 Å². The van der Waals surface area contributed by atoms with Gasteiger partial charge in [-0.15, -0.1) is 0 Å². The van der Waals surface area contributed by atoms with E-state index in [2.05, 4.69) is 20.6 Å². The first kappa shape index (κ1) is 22.5. The molecule has 1 fully saturated rings. The molecule has 4 rings (SSSR count). The van der Waals surface area contributed by atoms with Gasteiger partial charge in [0.15, 0.2) is 11.6 Å². The van der Waals surface area contributed by atoms with Crippen molar-refractivity contribution < 1.29 is 13.9 Å². The van der Waals surface area contributed by atoms with Crippen molar-refractivity contribution in [2.75, 3.05) is 17.7 Å². The Balaban J connectivity index is 1.66. The second kappa shape index (κ2) is 9.83. The fourth-order valence-electron chi connectivity index (χ4n) is 4.06. The lowest BCUT2D eigenvalue weighted by Gasteiger charge is -2.30. The minimum atomic E-state index is -0.793. The van der Waals surface area contributed by atoms with E-state index in [-0.39, 0.29) is 29.3 Å². The predicted octanol–water partition coefficient (Wildman–Crippen LogP) is 3.82. The molecule has 1 aromatic carbocycles. The quantitative estimate of drug-likeness (QED) is 0.431. The number of hydrogen-bond donors (Lipinski definition) is 4. The van der Waals surface area contributed by atoms with Gasteiger partial charge in [-0.1, -0.05) is 31.0 Å². The maximum absolute atomic E-state index is 14.8. The molecule has 0 bridgehead atoms. The Kier molecular flexibility index (Phi) is 6.69. The highest BCUT2D eigenvalue weighted by molar-refractivity contribution is 5.98. The van der Waals surface area contributed by atoms with Gasteiger partial charge in [0.05, 0.1) is 24.6 Å². The number of halogens is 1. The molecule has 2 atom stereocenters. The lowest BCUT2D eigenvalue weighted by Crippen LogP contribution is -2.43. The van der Waals surface area contributed by atoms with Crippen molar-refractivity contribution in [1.82, 2.24) is 9.97 Å². The molecule has 1 aliphatic carbocycles. The van der Waals surface area contributed by atoms with Crippen molar-refractivity contribution >= 4 is 23.2 Å². The fraction of sp³-hybridized carbons (Fsp3) is 0.292. The summed E-state index contributed by atoms with van der Waals surface area (Å²) >= 11 is 0. The third-order valence-electron chi connectivity index (χ3n) is 5.80. The molecule has 3 aromatic rings. The number of hydrogen-bond acceptors (Lipinski definition) is 7. The normalized spacial score (nSPS) is 17.9.